The van der Waals surface area contributed by atoms with Crippen molar-refractivity contribution in [3.05, 3.63) is 65.7 Å². The molecule has 4 nitrogen and oxygen atoms in total. The van der Waals surface area contributed by atoms with Crippen molar-refractivity contribution < 1.29 is 14.3 Å². The maximum Gasteiger partial charge on any atom is 0.338 e. The van der Waals surface area contributed by atoms with Crippen molar-refractivity contribution >= 4 is 18.4 Å². The average Bonchev–Trinajstić information content (AvgIpc) is 2.68. The van der Waals surface area contributed by atoms with Crippen LogP contribution in [0.4, 0.5) is 0 Å². The molecule has 0 spiro atoms. The Bertz CT molecular complexity index is 655. The fourth-order valence-corrected chi connectivity index (χ4v) is 3.01. The number of hydrogen-bond acceptors (Lipinski definition) is 4. The first-order valence-electron chi connectivity index (χ1n) is 8.96. The zero-order valence-electron chi connectivity index (χ0n) is 14.9. The molecule has 0 atom stereocenters. The Kier molecular flexibility index (Phi) is 8.45. The molecule has 1 aliphatic heterocycles. The first-order valence-corrected chi connectivity index (χ1v) is 8.96. The minimum Gasteiger partial charge on any atom is -0.494 e. The minimum atomic E-state index is -0.315. The lowest BCUT2D eigenvalue weighted by Crippen LogP contribution is -2.28. The highest BCUT2D eigenvalue weighted by molar-refractivity contribution is 5.89. The van der Waals surface area contributed by atoms with Crippen LogP contribution in [-0.4, -0.2) is 25.7 Å². The molecule has 0 radical (unpaired) electrons. The molecule has 1 N–H and O–H groups in total. The number of esters is 1. The van der Waals surface area contributed by atoms with Gasteiger partial charge in [-0.05, 0) is 68.1 Å². The Morgan fingerprint density at radius 1 is 1.00 bits per heavy atom. The van der Waals surface area contributed by atoms with E-state index in [0.29, 0.717) is 5.56 Å². The van der Waals surface area contributed by atoms with Crippen LogP contribution in [-0.2, 0) is 11.3 Å². The van der Waals surface area contributed by atoms with Gasteiger partial charge in [0.05, 0.1) is 12.2 Å². The predicted molar refractivity (Wildman–Crippen MR) is 105 cm³/mol. The van der Waals surface area contributed by atoms with Gasteiger partial charge < -0.3 is 14.8 Å². The second-order valence-corrected chi connectivity index (χ2v) is 6.42. The highest BCUT2D eigenvalue weighted by atomic mass is 35.5. The van der Waals surface area contributed by atoms with E-state index in [1.165, 1.54) is 12.8 Å². The number of benzene rings is 2. The number of nitrogens with one attached hydrogen (secondary N) is 1. The van der Waals surface area contributed by atoms with Gasteiger partial charge in [0.2, 0.25) is 0 Å². The maximum absolute atomic E-state index is 12.1. The van der Waals surface area contributed by atoms with Crippen LogP contribution in [0, 0.1) is 5.92 Å². The van der Waals surface area contributed by atoms with Gasteiger partial charge >= 0.3 is 5.97 Å². The van der Waals surface area contributed by atoms with Crippen LogP contribution in [0.15, 0.2) is 54.6 Å². The van der Waals surface area contributed by atoms with Crippen molar-refractivity contribution in [3.63, 3.8) is 0 Å². The second-order valence-electron chi connectivity index (χ2n) is 6.42. The summed E-state index contributed by atoms with van der Waals surface area (Å²) in [7, 11) is 0. The summed E-state index contributed by atoms with van der Waals surface area (Å²) in [5, 5.41) is 3.38. The highest BCUT2D eigenvalue weighted by Gasteiger charge is 2.13. The molecule has 0 bridgehead atoms. The molecule has 2 aromatic carbocycles. The summed E-state index contributed by atoms with van der Waals surface area (Å²) >= 11 is 0. The fraction of sp³-hybridized carbons (Fsp3) is 0.381. The molecule has 0 aliphatic carbocycles. The normalized spacial score (nSPS) is 14.3. The molecule has 0 aromatic heterocycles. The number of hydrogen-bond donors (Lipinski definition) is 1. The van der Waals surface area contributed by atoms with Crippen molar-refractivity contribution in [2.45, 2.75) is 25.9 Å². The molecule has 3 rings (SSSR count). The summed E-state index contributed by atoms with van der Waals surface area (Å²) in [6.07, 6.45) is 3.55. The summed E-state index contributed by atoms with van der Waals surface area (Å²) in [4.78, 5) is 12.1. The molecule has 2 aromatic rings. The van der Waals surface area contributed by atoms with Gasteiger partial charge in [0.1, 0.15) is 12.4 Å². The molecular weight excluding hydrogens is 350 g/mol. The Morgan fingerprint density at radius 2 is 1.69 bits per heavy atom. The average molecular weight is 376 g/mol. The van der Waals surface area contributed by atoms with Gasteiger partial charge in [-0.3, -0.25) is 0 Å². The van der Waals surface area contributed by atoms with Gasteiger partial charge in [-0.25, -0.2) is 4.79 Å². The highest BCUT2D eigenvalue weighted by Crippen LogP contribution is 2.18. The first-order chi connectivity index (χ1) is 12.3. The van der Waals surface area contributed by atoms with Crippen molar-refractivity contribution in [2.24, 2.45) is 5.92 Å². The molecule has 26 heavy (non-hydrogen) atoms. The van der Waals surface area contributed by atoms with E-state index in [-0.39, 0.29) is 25.0 Å². The quantitative estimate of drug-likeness (QED) is 0.735. The smallest absolute Gasteiger partial charge is 0.338 e. The zero-order valence-corrected chi connectivity index (χ0v) is 15.7. The van der Waals surface area contributed by atoms with Crippen LogP contribution in [0.5, 0.6) is 5.75 Å². The van der Waals surface area contributed by atoms with Crippen molar-refractivity contribution in [1.29, 1.82) is 0 Å². The lowest BCUT2D eigenvalue weighted by atomic mass is 9.95. The van der Waals surface area contributed by atoms with E-state index in [4.69, 9.17) is 9.47 Å². The lowest BCUT2D eigenvalue weighted by Gasteiger charge is -2.22. The molecule has 1 saturated heterocycles. The SMILES string of the molecule is Cl.O=C(OCc1ccccc1)c1ccc(OCCC2CCNCC2)cc1. The molecule has 0 saturated carbocycles. The maximum atomic E-state index is 12.1. The number of halogens is 1. The van der Waals surface area contributed by atoms with Gasteiger partial charge in [-0.1, -0.05) is 30.3 Å². The standard InChI is InChI=1S/C21H25NO3.ClH/c23-21(25-16-18-4-2-1-3-5-18)19-6-8-20(9-7-19)24-15-12-17-10-13-22-14-11-17;/h1-9,17,22H,10-16H2;1H. The van der Waals surface area contributed by atoms with Gasteiger partial charge in [0.25, 0.3) is 0 Å². The topological polar surface area (TPSA) is 47.6 Å². The summed E-state index contributed by atoms with van der Waals surface area (Å²) < 4.78 is 11.1. The van der Waals surface area contributed by atoms with Crippen molar-refractivity contribution in [1.82, 2.24) is 5.32 Å². The van der Waals surface area contributed by atoms with E-state index in [2.05, 4.69) is 5.32 Å². The van der Waals surface area contributed by atoms with Gasteiger partial charge in [0.15, 0.2) is 0 Å². The Morgan fingerprint density at radius 3 is 2.38 bits per heavy atom. The Labute approximate surface area is 161 Å². The third kappa shape index (κ3) is 6.36. The van der Waals surface area contributed by atoms with Crippen LogP contribution >= 0.6 is 12.4 Å². The summed E-state index contributed by atoms with van der Waals surface area (Å²) in [6, 6.07) is 16.9. The third-order valence-corrected chi connectivity index (χ3v) is 4.56. The molecule has 0 unspecified atom stereocenters. The lowest BCUT2D eigenvalue weighted by molar-refractivity contribution is 0.0472. The molecule has 5 heteroatoms. The van der Waals surface area contributed by atoms with Crippen LogP contribution in [0.1, 0.15) is 35.2 Å². The van der Waals surface area contributed by atoms with E-state index in [9.17, 15) is 4.79 Å². The predicted octanol–water partition coefficient (Wildman–Crippen LogP) is 4.23. The molecule has 1 aliphatic rings. The molecule has 0 amide bonds. The summed E-state index contributed by atoms with van der Waals surface area (Å²) in [5.74, 6) is 1.24. The minimum absolute atomic E-state index is 0. The van der Waals surface area contributed by atoms with Gasteiger partial charge in [-0.2, -0.15) is 0 Å². The number of ether oxygens (including phenoxy) is 2. The number of piperidine rings is 1. The largest absolute Gasteiger partial charge is 0.494 e. The summed E-state index contributed by atoms with van der Waals surface area (Å²) in [6.45, 7) is 3.24. The van der Waals surface area contributed by atoms with Crippen molar-refractivity contribution in [2.75, 3.05) is 19.7 Å². The molecule has 140 valence electrons. The molecule has 1 fully saturated rings. The fourth-order valence-electron chi connectivity index (χ4n) is 3.01. The Balaban J connectivity index is 0.00000243. The van der Waals surface area contributed by atoms with E-state index in [1.54, 1.807) is 12.1 Å². The monoisotopic (exact) mass is 375 g/mol. The van der Waals surface area contributed by atoms with Crippen LogP contribution in [0.2, 0.25) is 0 Å². The van der Waals surface area contributed by atoms with E-state index in [1.807, 2.05) is 42.5 Å². The van der Waals surface area contributed by atoms with E-state index >= 15 is 0 Å². The first kappa shape index (κ1) is 20.3. The van der Waals surface area contributed by atoms with E-state index < -0.39 is 0 Å². The number of rotatable bonds is 7. The van der Waals surface area contributed by atoms with Crippen LogP contribution in [0.25, 0.3) is 0 Å². The number of carbonyl (C=O) groups is 1. The van der Waals surface area contributed by atoms with Gasteiger partial charge in [0, 0.05) is 0 Å². The second kappa shape index (κ2) is 10.8. The van der Waals surface area contributed by atoms with Crippen LogP contribution in [0.3, 0.4) is 0 Å². The van der Waals surface area contributed by atoms with Crippen molar-refractivity contribution in [3.8, 4) is 5.75 Å². The zero-order chi connectivity index (χ0) is 17.3. The molecule has 1 heterocycles. The number of carbonyl (C=O) groups excluding carboxylic acids is 1. The van der Waals surface area contributed by atoms with Gasteiger partial charge in [-0.15, -0.1) is 12.4 Å². The third-order valence-electron chi connectivity index (χ3n) is 4.56. The molecular formula is C21H26ClNO3. The Hall–Kier alpha value is -2.04. The summed E-state index contributed by atoms with van der Waals surface area (Å²) in [5.41, 5.74) is 1.52. The van der Waals surface area contributed by atoms with Crippen LogP contribution < -0.4 is 10.1 Å². The van der Waals surface area contributed by atoms with E-state index in [0.717, 1.165) is 43.3 Å².